The molecule has 0 spiro atoms. The number of carbonyl (C=O) groups is 1. The highest BCUT2D eigenvalue weighted by Gasteiger charge is 2.34. The van der Waals surface area contributed by atoms with Crippen molar-refractivity contribution in [1.29, 1.82) is 0 Å². The van der Waals surface area contributed by atoms with E-state index in [1.807, 2.05) is 0 Å². The van der Waals surface area contributed by atoms with Crippen LogP contribution >= 0.6 is 11.6 Å². The van der Waals surface area contributed by atoms with E-state index in [-0.39, 0.29) is 31.0 Å². The predicted molar refractivity (Wildman–Crippen MR) is 89.9 cm³/mol. The largest absolute Gasteiger partial charge is 0.336 e. The predicted octanol–water partition coefficient (Wildman–Crippen LogP) is 1.36. The van der Waals surface area contributed by atoms with E-state index in [9.17, 15) is 18.0 Å². The molecule has 0 saturated carbocycles. The molecule has 1 aliphatic rings. The number of nitrogens with one attached hydrogen (secondary N) is 2. The summed E-state index contributed by atoms with van der Waals surface area (Å²) in [5.41, 5.74) is 0.201. The van der Waals surface area contributed by atoms with Crippen LogP contribution in [-0.4, -0.2) is 48.0 Å². The average molecular weight is 370 g/mol. The van der Waals surface area contributed by atoms with Crippen molar-refractivity contribution >= 4 is 27.3 Å². The van der Waals surface area contributed by atoms with Crippen LogP contribution in [0, 0.1) is 0 Å². The minimum Gasteiger partial charge on any atom is -0.336 e. The molecular weight excluding hydrogens is 354 g/mol. The second-order valence-corrected chi connectivity index (χ2v) is 8.32. The standard InChI is InChI=1S/C15H16ClN3O4S/c16-11-4-2-1-3-10(11)13-5-6-19(7-8-24(13,22)23)14(20)12-9-17-15(21)18-12/h1-4,9,13H,5-8H2,(H2,17,18,21). The van der Waals surface area contributed by atoms with Crippen molar-refractivity contribution in [1.82, 2.24) is 14.9 Å². The Morgan fingerprint density at radius 3 is 2.67 bits per heavy atom. The van der Waals surface area contributed by atoms with E-state index in [1.165, 1.54) is 11.1 Å². The Hall–Kier alpha value is -2.06. The first-order valence-electron chi connectivity index (χ1n) is 7.41. The van der Waals surface area contributed by atoms with Gasteiger partial charge in [0.15, 0.2) is 9.84 Å². The van der Waals surface area contributed by atoms with Gasteiger partial charge in [-0.1, -0.05) is 29.8 Å². The molecule has 128 valence electrons. The van der Waals surface area contributed by atoms with E-state index in [0.717, 1.165) is 0 Å². The molecule has 24 heavy (non-hydrogen) atoms. The summed E-state index contributed by atoms with van der Waals surface area (Å²) < 4.78 is 25.2. The van der Waals surface area contributed by atoms with Crippen LogP contribution in [0.5, 0.6) is 0 Å². The van der Waals surface area contributed by atoms with E-state index in [1.54, 1.807) is 24.3 Å². The summed E-state index contributed by atoms with van der Waals surface area (Å²) in [5, 5.41) is -0.338. The number of H-pyrrole nitrogens is 2. The Balaban J connectivity index is 1.86. The molecule has 1 aliphatic heterocycles. The summed E-state index contributed by atoms with van der Waals surface area (Å²) in [5.74, 6) is -0.549. The Bertz CT molecular complexity index is 919. The van der Waals surface area contributed by atoms with Gasteiger partial charge >= 0.3 is 5.69 Å². The number of hydrogen-bond acceptors (Lipinski definition) is 4. The summed E-state index contributed by atoms with van der Waals surface area (Å²) in [4.78, 5) is 29.7. The first kappa shape index (κ1) is 16.8. The zero-order valence-corrected chi connectivity index (χ0v) is 14.2. The maximum absolute atomic E-state index is 12.6. The number of nitrogens with zero attached hydrogens (tertiary/aromatic N) is 1. The smallest absolute Gasteiger partial charge is 0.323 e. The fraction of sp³-hybridized carbons (Fsp3) is 0.333. The molecule has 1 amide bonds. The molecule has 1 unspecified atom stereocenters. The lowest BCUT2D eigenvalue weighted by molar-refractivity contribution is 0.0761. The van der Waals surface area contributed by atoms with Gasteiger partial charge in [-0.15, -0.1) is 0 Å². The van der Waals surface area contributed by atoms with Gasteiger partial charge in [0, 0.05) is 24.3 Å². The number of carbonyl (C=O) groups excluding carboxylic acids is 1. The first-order chi connectivity index (χ1) is 11.4. The lowest BCUT2D eigenvalue weighted by Gasteiger charge is -2.19. The van der Waals surface area contributed by atoms with Gasteiger partial charge in [-0.3, -0.25) is 4.79 Å². The quantitative estimate of drug-likeness (QED) is 0.834. The highest BCUT2D eigenvalue weighted by atomic mass is 35.5. The van der Waals surface area contributed by atoms with Crippen LogP contribution in [0.1, 0.15) is 27.7 Å². The van der Waals surface area contributed by atoms with Gasteiger partial charge in [-0.25, -0.2) is 13.2 Å². The molecule has 0 radical (unpaired) electrons. The van der Waals surface area contributed by atoms with E-state index < -0.39 is 26.7 Å². The number of halogens is 1. The molecule has 9 heteroatoms. The maximum Gasteiger partial charge on any atom is 0.323 e. The normalized spacial score (nSPS) is 20.5. The van der Waals surface area contributed by atoms with Crippen LogP contribution in [0.15, 0.2) is 35.3 Å². The monoisotopic (exact) mass is 369 g/mol. The van der Waals surface area contributed by atoms with E-state index >= 15 is 0 Å². The average Bonchev–Trinajstić information content (AvgIpc) is 2.90. The summed E-state index contributed by atoms with van der Waals surface area (Å²) in [6, 6.07) is 6.85. The third-order valence-electron chi connectivity index (χ3n) is 4.11. The lowest BCUT2D eigenvalue weighted by atomic mass is 10.1. The number of benzene rings is 1. The van der Waals surface area contributed by atoms with E-state index in [4.69, 9.17) is 11.6 Å². The zero-order valence-electron chi connectivity index (χ0n) is 12.7. The highest BCUT2D eigenvalue weighted by molar-refractivity contribution is 7.91. The summed E-state index contributed by atoms with van der Waals surface area (Å²) >= 11 is 6.15. The van der Waals surface area contributed by atoms with Crippen molar-refractivity contribution in [3.05, 3.63) is 57.2 Å². The van der Waals surface area contributed by atoms with Crippen LogP contribution in [0.3, 0.4) is 0 Å². The second kappa shape index (κ2) is 6.45. The molecular formula is C15H16ClN3O4S. The highest BCUT2D eigenvalue weighted by Crippen LogP contribution is 2.33. The Kier molecular flexibility index (Phi) is 4.51. The van der Waals surface area contributed by atoms with Gasteiger partial charge < -0.3 is 14.9 Å². The topological polar surface area (TPSA) is 103 Å². The van der Waals surface area contributed by atoms with Crippen molar-refractivity contribution in [3.8, 4) is 0 Å². The SMILES string of the molecule is O=C(c1c[nH]c(=O)[nH]1)N1CCC(c2ccccc2Cl)S(=O)(=O)CC1. The molecule has 0 aliphatic carbocycles. The fourth-order valence-corrected chi connectivity index (χ4v) is 5.00. The summed E-state index contributed by atoms with van der Waals surface area (Å²) in [6.07, 6.45) is 1.54. The van der Waals surface area contributed by atoms with Crippen LogP contribution in [0.25, 0.3) is 0 Å². The van der Waals surface area contributed by atoms with Gasteiger partial charge in [0.1, 0.15) is 5.69 Å². The number of aromatic amines is 2. The third-order valence-corrected chi connectivity index (χ3v) is 6.56. The van der Waals surface area contributed by atoms with Gasteiger partial charge in [-0.2, -0.15) is 0 Å². The minimum atomic E-state index is -3.44. The van der Waals surface area contributed by atoms with E-state index in [2.05, 4.69) is 9.97 Å². The molecule has 2 heterocycles. The van der Waals surface area contributed by atoms with Crippen LogP contribution in [0.4, 0.5) is 0 Å². The first-order valence-corrected chi connectivity index (χ1v) is 9.51. The van der Waals surface area contributed by atoms with Gasteiger partial charge in [0.05, 0.1) is 11.0 Å². The van der Waals surface area contributed by atoms with Crippen molar-refractivity contribution in [2.75, 3.05) is 18.8 Å². The van der Waals surface area contributed by atoms with Gasteiger partial charge in [0.25, 0.3) is 5.91 Å². The Labute approximate surface area is 143 Å². The van der Waals surface area contributed by atoms with E-state index in [0.29, 0.717) is 10.6 Å². The van der Waals surface area contributed by atoms with Crippen LogP contribution in [0.2, 0.25) is 5.02 Å². The molecule has 3 rings (SSSR count). The molecule has 2 N–H and O–H groups in total. The number of sulfone groups is 1. The summed E-state index contributed by atoms with van der Waals surface area (Å²) in [6.45, 7) is 0.344. The van der Waals surface area contributed by atoms with Gasteiger partial charge in [0.2, 0.25) is 0 Å². The van der Waals surface area contributed by atoms with Crippen molar-refractivity contribution in [2.45, 2.75) is 11.7 Å². The zero-order chi connectivity index (χ0) is 17.3. The van der Waals surface area contributed by atoms with Crippen molar-refractivity contribution in [3.63, 3.8) is 0 Å². The molecule has 1 aromatic carbocycles. The minimum absolute atomic E-state index is 0.0787. The number of aromatic nitrogens is 2. The number of hydrogen-bond donors (Lipinski definition) is 2. The molecule has 1 atom stereocenters. The maximum atomic E-state index is 12.6. The second-order valence-electron chi connectivity index (χ2n) is 5.61. The van der Waals surface area contributed by atoms with Crippen LogP contribution in [-0.2, 0) is 9.84 Å². The fourth-order valence-electron chi connectivity index (χ4n) is 2.85. The Morgan fingerprint density at radius 2 is 2.00 bits per heavy atom. The molecule has 1 saturated heterocycles. The molecule has 1 fully saturated rings. The number of rotatable bonds is 2. The number of amides is 1. The van der Waals surface area contributed by atoms with Crippen LogP contribution < -0.4 is 5.69 Å². The third kappa shape index (κ3) is 3.25. The lowest BCUT2D eigenvalue weighted by Crippen LogP contribution is -2.34. The van der Waals surface area contributed by atoms with Gasteiger partial charge in [-0.05, 0) is 18.1 Å². The molecule has 0 bridgehead atoms. The van der Waals surface area contributed by atoms with Crippen molar-refractivity contribution in [2.24, 2.45) is 0 Å². The molecule has 2 aromatic rings. The molecule has 7 nitrogen and oxygen atoms in total. The Morgan fingerprint density at radius 1 is 1.25 bits per heavy atom. The summed E-state index contributed by atoms with van der Waals surface area (Å²) in [7, 11) is -3.44. The molecule has 1 aromatic heterocycles. The number of imidazole rings is 1. The van der Waals surface area contributed by atoms with Crippen molar-refractivity contribution < 1.29 is 13.2 Å².